The third-order valence-electron chi connectivity index (χ3n) is 4.30. The summed E-state index contributed by atoms with van der Waals surface area (Å²) in [5.74, 6) is 0.352. The second kappa shape index (κ2) is 6.22. The lowest BCUT2D eigenvalue weighted by Gasteiger charge is -2.28. The molecule has 1 atom stereocenters. The number of nitrogens with two attached hydrogens (primary N) is 1. The van der Waals surface area contributed by atoms with Crippen molar-refractivity contribution in [3.63, 3.8) is 0 Å². The van der Waals surface area contributed by atoms with Crippen LogP contribution in [0, 0.1) is 0 Å². The molecule has 0 amide bonds. The fourth-order valence-corrected chi connectivity index (χ4v) is 3.14. The summed E-state index contributed by atoms with van der Waals surface area (Å²) in [6.45, 7) is 0.733. The number of hydrogen-bond acceptors (Lipinski definition) is 5. The van der Waals surface area contributed by atoms with Crippen LogP contribution in [-0.4, -0.2) is 33.0 Å². The van der Waals surface area contributed by atoms with Crippen molar-refractivity contribution >= 4 is 33.8 Å². The molecule has 3 aromatic rings. The number of amidine groups is 1. The quantitative estimate of drug-likeness (QED) is 0.737. The Kier molecular flexibility index (Phi) is 3.89. The molecular formula is C18H17ClN6. The number of nitrogens with zero attached hydrogens (tertiary/aromatic N) is 5. The first-order valence-electron chi connectivity index (χ1n) is 7.91. The SMILES string of the molecule is CN1C(N)=NC(Cl)=NC1c1ccc2c(cnn2Cc2ccccc2)c1. The Balaban J connectivity index is 1.67. The highest BCUT2D eigenvalue weighted by molar-refractivity contribution is 6.65. The molecule has 7 heteroatoms. The Morgan fingerprint density at radius 3 is 2.76 bits per heavy atom. The molecule has 0 bridgehead atoms. The van der Waals surface area contributed by atoms with E-state index in [1.807, 2.05) is 42.2 Å². The highest BCUT2D eigenvalue weighted by Gasteiger charge is 2.23. The van der Waals surface area contributed by atoms with Crippen molar-refractivity contribution in [1.82, 2.24) is 14.7 Å². The zero-order chi connectivity index (χ0) is 17.4. The molecule has 0 aliphatic carbocycles. The molecule has 2 N–H and O–H groups in total. The smallest absolute Gasteiger partial charge is 0.223 e. The van der Waals surface area contributed by atoms with Gasteiger partial charge in [-0.15, -0.1) is 0 Å². The van der Waals surface area contributed by atoms with Gasteiger partial charge in [0.15, 0.2) is 6.17 Å². The van der Waals surface area contributed by atoms with Gasteiger partial charge in [0, 0.05) is 12.4 Å². The van der Waals surface area contributed by atoms with Gasteiger partial charge < -0.3 is 10.6 Å². The highest BCUT2D eigenvalue weighted by atomic mass is 35.5. The minimum Gasteiger partial charge on any atom is -0.369 e. The lowest BCUT2D eigenvalue weighted by Crippen LogP contribution is -2.39. The number of aliphatic imine (C=N–C) groups is 2. The minimum absolute atomic E-state index is 0.167. The second-order valence-corrected chi connectivity index (χ2v) is 6.30. The van der Waals surface area contributed by atoms with Crippen molar-refractivity contribution in [2.24, 2.45) is 15.7 Å². The lowest BCUT2D eigenvalue weighted by atomic mass is 10.1. The first-order chi connectivity index (χ1) is 12.1. The number of aromatic nitrogens is 2. The molecule has 25 heavy (non-hydrogen) atoms. The maximum atomic E-state index is 5.97. The summed E-state index contributed by atoms with van der Waals surface area (Å²) in [5.41, 5.74) is 9.17. The summed E-state index contributed by atoms with van der Waals surface area (Å²) in [6.07, 6.45) is 1.58. The van der Waals surface area contributed by atoms with Crippen molar-refractivity contribution < 1.29 is 0 Å². The molecule has 1 aromatic heterocycles. The average Bonchev–Trinajstić information content (AvgIpc) is 3.01. The van der Waals surface area contributed by atoms with E-state index >= 15 is 0 Å². The highest BCUT2D eigenvalue weighted by Crippen LogP contribution is 2.27. The molecule has 0 saturated heterocycles. The van der Waals surface area contributed by atoms with E-state index < -0.39 is 0 Å². The van der Waals surface area contributed by atoms with Gasteiger partial charge >= 0.3 is 0 Å². The maximum absolute atomic E-state index is 5.97. The summed E-state index contributed by atoms with van der Waals surface area (Å²) in [7, 11) is 1.85. The van der Waals surface area contributed by atoms with Gasteiger partial charge in [0.1, 0.15) is 0 Å². The fraction of sp³-hybridized carbons (Fsp3) is 0.167. The van der Waals surface area contributed by atoms with Crippen molar-refractivity contribution in [2.75, 3.05) is 7.05 Å². The molecule has 4 rings (SSSR count). The van der Waals surface area contributed by atoms with E-state index in [-0.39, 0.29) is 11.5 Å². The van der Waals surface area contributed by atoms with Gasteiger partial charge in [-0.3, -0.25) is 4.68 Å². The monoisotopic (exact) mass is 352 g/mol. The van der Waals surface area contributed by atoms with Gasteiger partial charge in [0.2, 0.25) is 11.3 Å². The van der Waals surface area contributed by atoms with Gasteiger partial charge in [0.25, 0.3) is 0 Å². The van der Waals surface area contributed by atoms with Crippen LogP contribution in [0.15, 0.2) is 64.7 Å². The molecule has 126 valence electrons. The van der Waals surface area contributed by atoms with Crippen LogP contribution in [0.3, 0.4) is 0 Å². The molecule has 2 aromatic carbocycles. The Hall–Kier alpha value is -2.86. The third-order valence-corrected chi connectivity index (χ3v) is 4.49. The van der Waals surface area contributed by atoms with Gasteiger partial charge in [-0.25, -0.2) is 4.99 Å². The first-order valence-corrected chi connectivity index (χ1v) is 8.29. The summed E-state index contributed by atoms with van der Waals surface area (Å²) in [5, 5.41) is 5.74. The van der Waals surface area contributed by atoms with Crippen LogP contribution < -0.4 is 5.73 Å². The molecule has 1 aliphatic heterocycles. The van der Waals surface area contributed by atoms with Crippen LogP contribution in [0.1, 0.15) is 17.3 Å². The van der Waals surface area contributed by atoms with Gasteiger partial charge in [-0.05, 0) is 34.9 Å². The van der Waals surface area contributed by atoms with Crippen molar-refractivity contribution in [3.05, 3.63) is 65.9 Å². The van der Waals surface area contributed by atoms with E-state index in [9.17, 15) is 0 Å². The molecule has 1 aliphatic rings. The van der Waals surface area contributed by atoms with E-state index in [0.717, 1.165) is 23.0 Å². The van der Waals surface area contributed by atoms with Crippen molar-refractivity contribution in [3.8, 4) is 0 Å². The zero-order valence-electron chi connectivity index (χ0n) is 13.7. The fourth-order valence-electron chi connectivity index (χ4n) is 2.96. The number of guanidine groups is 1. The molecule has 0 saturated carbocycles. The molecule has 1 unspecified atom stereocenters. The lowest BCUT2D eigenvalue weighted by molar-refractivity contribution is 0.379. The maximum Gasteiger partial charge on any atom is 0.223 e. The Labute approximate surface area is 150 Å². The minimum atomic E-state index is -0.285. The van der Waals surface area contributed by atoms with Crippen LogP contribution in [0.5, 0.6) is 0 Å². The predicted octanol–water partition coefficient (Wildman–Crippen LogP) is 2.94. The number of fused-ring (bicyclic) bond motifs is 1. The normalized spacial score (nSPS) is 17.5. The van der Waals surface area contributed by atoms with E-state index in [4.69, 9.17) is 17.3 Å². The Morgan fingerprint density at radius 2 is 1.96 bits per heavy atom. The zero-order valence-corrected chi connectivity index (χ0v) is 14.4. The molecule has 0 spiro atoms. The molecule has 6 nitrogen and oxygen atoms in total. The second-order valence-electron chi connectivity index (χ2n) is 5.96. The topological polar surface area (TPSA) is 71.8 Å². The number of hydrogen-bond donors (Lipinski definition) is 1. The summed E-state index contributed by atoms with van der Waals surface area (Å²) in [6, 6.07) is 16.4. The standard InChI is InChI=1S/C18H17ClN6/c1-24-16(22-17(19)23-18(24)20)13-7-8-15-14(9-13)10-21-25(15)11-12-5-3-2-4-6-12/h2-10,16H,11H2,1H3,(H2,20,22,23). The van der Waals surface area contributed by atoms with Gasteiger partial charge in [-0.2, -0.15) is 10.1 Å². The van der Waals surface area contributed by atoms with Gasteiger partial charge in [-0.1, -0.05) is 36.4 Å². The first kappa shape index (κ1) is 15.7. The van der Waals surface area contributed by atoms with E-state index in [0.29, 0.717) is 5.96 Å². The van der Waals surface area contributed by atoms with Crippen LogP contribution in [0.4, 0.5) is 0 Å². The van der Waals surface area contributed by atoms with E-state index in [1.165, 1.54) is 5.56 Å². The molecule has 0 fully saturated rings. The van der Waals surface area contributed by atoms with E-state index in [1.54, 1.807) is 4.90 Å². The molecular weight excluding hydrogens is 336 g/mol. The third kappa shape index (κ3) is 2.96. The summed E-state index contributed by atoms with van der Waals surface area (Å²) < 4.78 is 1.99. The summed E-state index contributed by atoms with van der Waals surface area (Å²) >= 11 is 5.97. The average molecular weight is 353 g/mol. The Morgan fingerprint density at radius 1 is 1.16 bits per heavy atom. The van der Waals surface area contributed by atoms with Crippen molar-refractivity contribution in [1.29, 1.82) is 0 Å². The predicted molar refractivity (Wildman–Crippen MR) is 101 cm³/mol. The number of halogens is 1. The largest absolute Gasteiger partial charge is 0.369 e. The van der Waals surface area contributed by atoms with Gasteiger partial charge in [0.05, 0.1) is 18.3 Å². The van der Waals surface area contributed by atoms with Crippen molar-refractivity contribution in [2.45, 2.75) is 12.7 Å². The van der Waals surface area contributed by atoms with Crippen LogP contribution in [0.2, 0.25) is 0 Å². The molecule has 2 heterocycles. The Bertz CT molecular complexity index is 976. The summed E-state index contributed by atoms with van der Waals surface area (Å²) in [4.78, 5) is 10.1. The number of rotatable bonds is 3. The molecule has 0 radical (unpaired) electrons. The van der Waals surface area contributed by atoms with E-state index in [2.05, 4.69) is 39.3 Å². The van der Waals surface area contributed by atoms with Crippen LogP contribution in [0.25, 0.3) is 10.9 Å². The number of benzene rings is 2. The van der Waals surface area contributed by atoms with Crippen LogP contribution in [-0.2, 0) is 6.54 Å². The van der Waals surface area contributed by atoms with Crippen LogP contribution >= 0.6 is 11.6 Å².